The third-order valence-corrected chi connectivity index (χ3v) is 5.67. The van der Waals surface area contributed by atoms with Crippen molar-refractivity contribution in [3.63, 3.8) is 0 Å². The summed E-state index contributed by atoms with van der Waals surface area (Å²) in [5, 5.41) is 0.798. The Kier molecular flexibility index (Phi) is 3.95. The van der Waals surface area contributed by atoms with Crippen molar-refractivity contribution in [3.05, 3.63) is 29.3 Å². The zero-order chi connectivity index (χ0) is 12.4. The van der Waals surface area contributed by atoms with Gasteiger partial charge in [-0.15, -0.1) is 11.8 Å². The number of nitrogens with two attached hydrogens (primary N) is 1. The van der Waals surface area contributed by atoms with E-state index in [4.69, 9.17) is 5.73 Å². The molecule has 0 aliphatic heterocycles. The fourth-order valence-corrected chi connectivity index (χ4v) is 4.43. The normalized spacial score (nSPS) is 27.8. The minimum atomic E-state index is 0.463. The Morgan fingerprint density at radius 1 is 0.944 bits per heavy atom. The molecule has 2 aliphatic carbocycles. The summed E-state index contributed by atoms with van der Waals surface area (Å²) >= 11 is 2.08. The van der Waals surface area contributed by atoms with E-state index < -0.39 is 0 Å². The van der Waals surface area contributed by atoms with Gasteiger partial charge in [-0.25, -0.2) is 0 Å². The van der Waals surface area contributed by atoms with Crippen molar-refractivity contribution in [2.24, 2.45) is 5.73 Å². The number of aryl methyl sites for hydroxylation is 2. The summed E-state index contributed by atoms with van der Waals surface area (Å²) < 4.78 is 0. The van der Waals surface area contributed by atoms with Crippen molar-refractivity contribution >= 4 is 11.8 Å². The molecule has 0 radical (unpaired) electrons. The average Bonchev–Trinajstić information content (AvgIpc) is 2.41. The van der Waals surface area contributed by atoms with Crippen LogP contribution in [0, 0.1) is 0 Å². The van der Waals surface area contributed by atoms with E-state index in [1.165, 1.54) is 56.3 Å². The highest BCUT2D eigenvalue weighted by molar-refractivity contribution is 8.00. The molecule has 0 saturated heterocycles. The molecule has 1 fully saturated rings. The summed E-state index contributed by atoms with van der Waals surface area (Å²) in [5.41, 5.74) is 9.18. The molecule has 1 aromatic rings. The summed E-state index contributed by atoms with van der Waals surface area (Å²) in [5.74, 6) is 0. The van der Waals surface area contributed by atoms with Crippen molar-refractivity contribution in [3.8, 4) is 0 Å². The predicted molar refractivity (Wildman–Crippen MR) is 79.2 cm³/mol. The first kappa shape index (κ1) is 12.6. The van der Waals surface area contributed by atoms with Crippen LogP contribution in [0.3, 0.4) is 0 Å². The van der Waals surface area contributed by atoms with Gasteiger partial charge in [-0.1, -0.05) is 6.07 Å². The van der Waals surface area contributed by atoms with Gasteiger partial charge in [-0.2, -0.15) is 0 Å². The van der Waals surface area contributed by atoms with Crippen LogP contribution in [0.15, 0.2) is 23.1 Å². The largest absolute Gasteiger partial charge is 0.328 e. The van der Waals surface area contributed by atoms with Crippen molar-refractivity contribution in [2.75, 3.05) is 0 Å². The van der Waals surface area contributed by atoms with Crippen molar-refractivity contribution < 1.29 is 0 Å². The van der Waals surface area contributed by atoms with Gasteiger partial charge in [-0.05, 0) is 74.6 Å². The Morgan fingerprint density at radius 3 is 2.44 bits per heavy atom. The van der Waals surface area contributed by atoms with Crippen LogP contribution in [0.5, 0.6) is 0 Å². The first-order chi connectivity index (χ1) is 8.81. The minimum Gasteiger partial charge on any atom is -0.328 e. The van der Waals surface area contributed by atoms with Gasteiger partial charge in [0.2, 0.25) is 0 Å². The third-order valence-electron chi connectivity index (χ3n) is 4.34. The van der Waals surface area contributed by atoms with Crippen LogP contribution in [0.2, 0.25) is 0 Å². The van der Waals surface area contributed by atoms with Crippen LogP contribution in [0.4, 0.5) is 0 Å². The number of fused-ring (bicyclic) bond motifs is 1. The number of hydrogen-bond acceptors (Lipinski definition) is 2. The maximum absolute atomic E-state index is 5.97. The Hall–Kier alpha value is -0.470. The Balaban J connectivity index is 1.66. The van der Waals surface area contributed by atoms with Gasteiger partial charge in [0.1, 0.15) is 0 Å². The van der Waals surface area contributed by atoms with E-state index in [-0.39, 0.29) is 0 Å². The number of benzene rings is 1. The second-order valence-corrected chi connectivity index (χ2v) is 7.17. The molecule has 98 valence electrons. The van der Waals surface area contributed by atoms with Crippen molar-refractivity contribution in [1.82, 2.24) is 0 Å². The van der Waals surface area contributed by atoms with E-state index >= 15 is 0 Å². The quantitative estimate of drug-likeness (QED) is 0.873. The van der Waals surface area contributed by atoms with E-state index in [2.05, 4.69) is 30.0 Å². The van der Waals surface area contributed by atoms with Crippen LogP contribution >= 0.6 is 11.8 Å². The molecule has 0 aromatic heterocycles. The summed E-state index contributed by atoms with van der Waals surface area (Å²) in [6, 6.07) is 7.62. The van der Waals surface area contributed by atoms with Gasteiger partial charge in [0.15, 0.2) is 0 Å². The Morgan fingerprint density at radius 2 is 1.67 bits per heavy atom. The maximum Gasteiger partial charge on any atom is 0.00955 e. The SMILES string of the molecule is NC1CCC(Sc2ccc3c(c2)CCCC3)CC1. The minimum absolute atomic E-state index is 0.463. The number of hydrogen-bond donors (Lipinski definition) is 1. The second-order valence-electron chi connectivity index (χ2n) is 5.79. The van der Waals surface area contributed by atoms with Crippen LogP contribution in [0.1, 0.15) is 49.7 Å². The van der Waals surface area contributed by atoms with E-state index in [0.717, 1.165) is 5.25 Å². The maximum atomic E-state index is 5.97. The van der Waals surface area contributed by atoms with Gasteiger partial charge < -0.3 is 5.73 Å². The van der Waals surface area contributed by atoms with Gasteiger partial charge >= 0.3 is 0 Å². The van der Waals surface area contributed by atoms with Crippen LogP contribution in [-0.2, 0) is 12.8 Å². The fourth-order valence-electron chi connectivity index (χ4n) is 3.18. The highest BCUT2D eigenvalue weighted by atomic mass is 32.2. The first-order valence-electron chi connectivity index (χ1n) is 7.35. The molecule has 1 saturated carbocycles. The lowest BCUT2D eigenvalue weighted by atomic mass is 9.92. The highest BCUT2D eigenvalue weighted by Crippen LogP contribution is 2.35. The zero-order valence-electron chi connectivity index (χ0n) is 11.0. The molecule has 2 N–H and O–H groups in total. The Labute approximate surface area is 115 Å². The van der Waals surface area contributed by atoms with E-state index in [1.54, 1.807) is 11.1 Å². The average molecular weight is 261 g/mol. The third kappa shape index (κ3) is 2.92. The van der Waals surface area contributed by atoms with Crippen LogP contribution in [-0.4, -0.2) is 11.3 Å². The standard InChI is InChI=1S/C16H23NS/c17-14-6-9-15(10-7-14)18-16-8-5-12-3-1-2-4-13(12)11-16/h5,8,11,14-15H,1-4,6-7,9-10,17H2. The fraction of sp³-hybridized carbons (Fsp3) is 0.625. The molecule has 2 heteroatoms. The summed E-state index contributed by atoms with van der Waals surface area (Å²) in [7, 11) is 0. The summed E-state index contributed by atoms with van der Waals surface area (Å²) in [6.07, 6.45) is 10.3. The van der Waals surface area contributed by atoms with Crippen LogP contribution in [0.25, 0.3) is 0 Å². The molecule has 0 amide bonds. The molecule has 0 bridgehead atoms. The molecular formula is C16H23NS. The molecule has 2 aliphatic rings. The lowest BCUT2D eigenvalue weighted by Crippen LogP contribution is -2.27. The van der Waals surface area contributed by atoms with Gasteiger partial charge in [0.25, 0.3) is 0 Å². The molecule has 3 rings (SSSR count). The lowest BCUT2D eigenvalue weighted by Gasteiger charge is -2.26. The molecule has 18 heavy (non-hydrogen) atoms. The monoisotopic (exact) mass is 261 g/mol. The van der Waals surface area contributed by atoms with Gasteiger partial charge in [0.05, 0.1) is 0 Å². The second kappa shape index (κ2) is 5.66. The molecule has 0 atom stereocenters. The lowest BCUT2D eigenvalue weighted by molar-refractivity contribution is 0.451. The van der Waals surface area contributed by atoms with E-state index in [9.17, 15) is 0 Å². The zero-order valence-corrected chi connectivity index (χ0v) is 11.8. The Bertz CT molecular complexity index is 408. The van der Waals surface area contributed by atoms with E-state index in [1.807, 2.05) is 0 Å². The molecule has 0 heterocycles. The van der Waals surface area contributed by atoms with Gasteiger partial charge in [0, 0.05) is 16.2 Å². The smallest absolute Gasteiger partial charge is 0.00955 e. The van der Waals surface area contributed by atoms with Gasteiger partial charge in [-0.3, -0.25) is 0 Å². The topological polar surface area (TPSA) is 26.0 Å². The highest BCUT2D eigenvalue weighted by Gasteiger charge is 2.19. The first-order valence-corrected chi connectivity index (χ1v) is 8.23. The summed E-state index contributed by atoms with van der Waals surface area (Å²) in [4.78, 5) is 1.48. The van der Waals surface area contributed by atoms with Crippen molar-refractivity contribution in [2.45, 2.75) is 67.6 Å². The van der Waals surface area contributed by atoms with E-state index in [0.29, 0.717) is 6.04 Å². The molecular weight excluding hydrogens is 238 g/mol. The molecule has 1 nitrogen and oxygen atoms in total. The predicted octanol–water partition coefficient (Wildman–Crippen LogP) is 3.93. The molecule has 1 aromatic carbocycles. The molecule has 0 unspecified atom stereocenters. The number of thioether (sulfide) groups is 1. The number of rotatable bonds is 2. The van der Waals surface area contributed by atoms with Crippen LogP contribution < -0.4 is 5.73 Å². The molecule has 0 spiro atoms. The van der Waals surface area contributed by atoms with Crippen molar-refractivity contribution in [1.29, 1.82) is 0 Å². The summed E-state index contributed by atoms with van der Waals surface area (Å²) in [6.45, 7) is 0.